The number of halogens is 1. The number of aromatic nitrogens is 3. The minimum Gasteiger partial charge on any atom is -0.322 e. The summed E-state index contributed by atoms with van der Waals surface area (Å²) < 4.78 is 1.81. The van der Waals surface area contributed by atoms with E-state index in [0.717, 1.165) is 28.5 Å². The molecule has 0 aromatic carbocycles. The Balaban J connectivity index is 2.22. The average Bonchev–Trinajstić information content (AvgIpc) is 2.67. The predicted octanol–water partition coefficient (Wildman–Crippen LogP) is 2.27. The second kappa shape index (κ2) is 5.50. The van der Waals surface area contributed by atoms with Crippen molar-refractivity contribution in [1.82, 2.24) is 14.8 Å². The summed E-state index contributed by atoms with van der Waals surface area (Å²) in [4.78, 5) is 4.26. The molecule has 0 amide bonds. The highest BCUT2D eigenvalue weighted by Crippen LogP contribution is 2.24. The molecule has 2 N–H and O–H groups in total. The first-order valence-electron chi connectivity index (χ1n) is 6.00. The lowest BCUT2D eigenvalue weighted by Gasteiger charge is -2.11. The Morgan fingerprint density at radius 1 is 1.44 bits per heavy atom. The quantitative estimate of drug-likeness (QED) is 0.922. The molecule has 0 aliphatic rings. The van der Waals surface area contributed by atoms with Crippen LogP contribution in [0.5, 0.6) is 0 Å². The third-order valence-electron chi connectivity index (χ3n) is 2.98. The summed E-state index contributed by atoms with van der Waals surface area (Å²) in [5.41, 5.74) is 8.90. The van der Waals surface area contributed by atoms with E-state index in [0.29, 0.717) is 6.42 Å². The van der Waals surface area contributed by atoms with Crippen molar-refractivity contribution in [1.29, 1.82) is 0 Å². The van der Waals surface area contributed by atoms with Crippen molar-refractivity contribution in [3.8, 4) is 0 Å². The van der Waals surface area contributed by atoms with Crippen molar-refractivity contribution in [2.24, 2.45) is 12.8 Å². The molecule has 0 bridgehead atoms. The van der Waals surface area contributed by atoms with Gasteiger partial charge in [-0.05, 0) is 18.6 Å². The molecular formula is C13H17ClN4. The molecule has 0 aliphatic heterocycles. The van der Waals surface area contributed by atoms with Crippen LogP contribution >= 0.6 is 11.6 Å². The molecular weight excluding hydrogens is 248 g/mol. The van der Waals surface area contributed by atoms with Gasteiger partial charge in [-0.3, -0.25) is 9.67 Å². The molecule has 1 atom stereocenters. The number of rotatable bonds is 4. The molecule has 0 saturated heterocycles. The largest absolute Gasteiger partial charge is 0.322 e. The average molecular weight is 265 g/mol. The molecule has 0 fully saturated rings. The normalized spacial score (nSPS) is 12.7. The fraction of sp³-hybridized carbons (Fsp3) is 0.385. The predicted molar refractivity (Wildman–Crippen MR) is 72.5 cm³/mol. The zero-order valence-electron chi connectivity index (χ0n) is 10.6. The first-order valence-corrected chi connectivity index (χ1v) is 6.38. The van der Waals surface area contributed by atoms with Crippen molar-refractivity contribution in [3.05, 3.63) is 46.5 Å². The molecule has 0 spiro atoms. The van der Waals surface area contributed by atoms with Gasteiger partial charge in [0.1, 0.15) is 0 Å². The maximum atomic E-state index is 6.30. The van der Waals surface area contributed by atoms with Crippen LogP contribution in [0.3, 0.4) is 0 Å². The maximum absolute atomic E-state index is 6.30. The van der Waals surface area contributed by atoms with Gasteiger partial charge in [-0.1, -0.05) is 24.6 Å². The van der Waals surface area contributed by atoms with Gasteiger partial charge in [-0.2, -0.15) is 5.10 Å². The third-order valence-corrected chi connectivity index (χ3v) is 3.42. The summed E-state index contributed by atoms with van der Waals surface area (Å²) in [5.74, 6) is 0. The van der Waals surface area contributed by atoms with E-state index in [1.165, 1.54) is 0 Å². The van der Waals surface area contributed by atoms with Gasteiger partial charge in [0.05, 0.1) is 28.1 Å². The number of hydrogen-bond acceptors (Lipinski definition) is 3. The Morgan fingerprint density at radius 3 is 2.78 bits per heavy atom. The molecule has 2 rings (SSSR count). The van der Waals surface area contributed by atoms with E-state index in [4.69, 9.17) is 17.3 Å². The minimum absolute atomic E-state index is 0.163. The highest BCUT2D eigenvalue weighted by atomic mass is 35.5. The Kier molecular flexibility index (Phi) is 3.99. The Bertz CT molecular complexity index is 521. The molecule has 4 nitrogen and oxygen atoms in total. The summed E-state index contributed by atoms with van der Waals surface area (Å²) in [6.45, 7) is 2.04. The number of nitrogens with two attached hydrogens (primary N) is 1. The molecule has 2 aromatic heterocycles. The topological polar surface area (TPSA) is 56.7 Å². The summed E-state index contributed by atoms with van der Waals surface area (Å²) in [7, 11) is 1.89. The van der Waals surface area contributed by atoms with E-state index in [1.807, 2.05) is 36.9 Å². The van der Waals surface area contributed by atoms with Crippen LogP contribution in [0.15, 0.2) is 24.4 Å². The van der Waals surface area contributed by atoms with Crippen molar-refractivity contribution in [2.45, 2.75) is 25.8 Å². The van der Waals surface area contributed by atoms with E-state index in [9.17, 15) is 0 Å². The van der Waals surface area contributed by atoms with Crippen molar-refractivity contribution >= 4 is 11.6 Å². The van der Waals surface area contributed by atoms with Crippen LogP contribution in [0.1, 0.15) is 30.0 Å². The van der Waals surface area contributed by atoms with Crippen LogP contribution < -0.4 is 5.73 Å². The van der Waals surface area contributed by atoms with Crippen molar-refractivity contribution < 1.29 is 0 Å². The van der Waals surface area contributed by atoms with Crippen molar-refractivity contribution in [3.63, 3.8) is 0 Å². The first-order chi connectivity index (χ1) is 8.63. The lowest BCUT2D eigenvalue weighted by molar-refractivity contribution is 0.627. The highest BCUT2D eigenvalue weighted by Gasteiger charge is 2.17. The zero-order valence-corrected chi connectivity index (χ0v) is 11.4. The van der Waals surface area contributed by atoms with Crippen LogP contribution in [0.4, 0.5) is 0 Å². The Hall–Kier alpha value is -1.39. The third kappa shape index (κ3) is 2.54. The van der Waals surface area contributed by atoms with E-state index in [1.54, 1.807) is 6.20 Å². The molecule has 18 heavy (non-hydrogen) atoms. The molecule has 5 heteroatoms. The monoisotopic (exact) mass is 264 g/mol. The summed E-state index contributed by atoms with van der Waals surface area (Å²) in [6.07, 6.45) is 3.21. The van der Waals surface area contributed by atoms with Gasteiger partial charge in [0.25, 0.3) is 0 Å². The zero-order chi connectivity index (χ0) is 13.1. The van der Waals surface area contributed by atoms with Gasteiger partial charge in [-0.15, -0.1) is 0 Å². The van der Waals surface area contributed by atoms with E-state index in [2.05, 4.69) is 10.1 Å². The molecule has 96 valence electrons. The standard InChI is InChI=1S/C13H17ClN4/c1-3-10-13(14)12(18(2)17-10)8-9(15)11-6-4-5-7-16-11/h4-7,9H,3,8,15H2,1-2H3. The van der Waals surface area contributed by atoms with E-state index in [-0.39, 0.29) is 6.04 Å². The van der Waals surface area contributed by atoms with Crippen LogP contribution in [-0.4, -0.2) is 14.8 Å². The minimum atomic E-state index is -0.163. The molecule has 0 radical (unpaired) electrons. The van der Waals surface area contributed by atoms with Gasteiger partial charge in [0, 0.05) is 19.7 Å². The van der Waals surface area contributed by atoms with Crippen LogP contribution in [0, 0.1) is 0 Å². The van der Waals surface area contributed by atoms with Gasteiger partial charge in [0.2, 0.25) is 0 Å². The second-order valence-corrected chi connectivity index (χ2v) is 4.63. The van der Waals surface area contributed by atoms with Gasteiger partial charge in [0.15, 0.2) is 0 Å². The Morgan fingerprint density at radius 2 is 2.22 bits per heavy atom. The molecule has 0 aliphatic carbocycles. The maximum Gasteiger partial charge on any atom is 0.0850 e. The molecule has 1 unspecified atom stereocenters. The van der Waals surface area contributed by atoms with E-state index >= 15 is 0 Å². The molecule has 0 saturated carbocycles. The second-order valence-electron chi connectivity index (χ2n) is 4.25. The fourth-order valence-corrected chi connectivity index (χ4v) is 2.32. The molecule has 2 heterocycles. The Labute approximate surface area is 112 Å². The van der Waals surface area contributed by atoms with Crippen LogP contribution in [0.2, 0.25) is 5.02 Å². The summed E-state index contributed by atoms with van der Waals surface area (Å²) in [5, 5.41) is 5.11. The van der Waals surface area contributed by atoms with Gasteiger partial charge < -0.3 is 5.73 Å². The number of aryl methyl sites for hydroxylation is 2. The van der Waals surface area contributed by atoms with Gasteiger partial charge >= 0.3 is 0 Å². The van der Waals surface area contributed by atoms with Gasteiger partial charge in [-0.25, -0.2) is 0 Å². The summed E-state index contributed by atoms with van der Waals surface area (Å²) >= 11 is 6.30. The number of nitrogens with zero attached hydrogens (tertiary/aromatic N) is 3. The number of pyridine rings is 1. The smallest absolute Gasteiger partial charge is 0.0850 e. The van der Waals surface area contributed by atoms with Crippen LogP contribution in [-0.2, 0) is 19.9 Å². The lowest BCUT2D eigenvalue weighted by Crippen LogP contribution is -2.16. The first kappa shape index (κ1) is 13.1. The number of hydrogen-bond donors (Lipinski definition) is 1. The van der Waals surface area contributed by atoms with Crippen LogP contribution in [0.25, 0.3) is 0 Å². The summed E-state index contributed by atoms with van der Waals surface area (Å²) in [6, 6.07) is 5.58. The lowest BCUT2D eigenvalue weighted by atomic mass is 10.1. The molecule has 2 aromatic rings. The van der Waals surface area contributed by atoms with Crippen molar-refractivity contribution in [2.75, 3.05) is 0 Å². The van der Waals surface area contributed by atoms with E-state index < -0.39 is 0 Å². The highest BCUT2D eigenvalue weighted by molar-refractivity contribution is 6.31. The fourth-order valence-electron chi connectivity index (χ4n) is 1.95. The SMILES string of the molecule is CCc1nn(C)c(CC(N)c2ccccn2)c1Cl.